The number of hydrogen-bond acceptors (Lipinski definition) is 0. The number of rotatable bonds is 3. The quantitative estimate of drug-likeness (QED) is 0.560. The van der Waals surface area contributed by atoms with E-state index >= 15 is 0 Å². The lowest BCUT2D eigenvalue weighted by Gasteiger charge is -2.32. The molecule has 0 fully saturated rings. The van der Waals surface area contributed by atoms with Crippen molar-refractivity contribution in [3.05, 3.63) is 23.3 Å². The second kappa shape index (κ2) is 4.82. The van der Waals surface area contributed by atoms with Crippen LogP contribution in [0.4, 0.5) is 0 Å². The third-order valence-electron chi connectivity index (χ3n) is 3.37. The average molecular weight is 192 g/mol. The molecule has 0 spiro atoms. The summed E-state index contributed by atoms with van der Waals surface area (Å²) in [5.41, 5.74) is 3.62. The monoisotopic (exact) mass is 192 g/mol. The normalized spacial score (nSPS) is 27.0. The van der Waals surface area contributed by atoms with Crippen LogP contribution in [0.25, 0.3) is 0 Å². The van der Waals surface area contributed by atoms with Crippen LogP contribution in [0.2, 0.25) is 0 Å². The first-order chi connectivity index (χ1) is 6.52. The van der Waals surface area contributed by atoms with Gasteiger partial charge < -0.3 is 0 Å². The summed E-state index contributed by atoms with van der Waals surface area (Å²) in [5.74, 6) is 0. The van der Waals surface area contributed by atoms with Gasteiger partial charge in [0.25, 0.3) is 0 Å². The van der Waals surface area contributed by atoms with Crippen molar-refractivity contribution in [1.82, 2.24) is 0 Å². The van der Waals surface area contributed by atoms with Crippen molar-refractivity contribution >= 4 is 0 Å². The molecule has 0 heterocycles. The molecule has 0 heteroatoms. The van der Waals surface area contributed by atoms with Crippen molar-refractivity contribution in [2.75, 3.05) is 0 Å². The molecule has 0 bridgehead atoms. The highest BCUT2D eigenvalue weighted by Gasteiger charge is 2.24. The van der Waals surface area contributed by atoms with Gasteiger partial charge in [0.1, 0.15) is 0 Å². The molecule has 0 radical (unpaired) electrons. The van der Waals surface area contributed by atoms with E-state index in [1.54, 1.807) is 5.57 Å². The van der Waals surface area contributed by atoms with Crippen molar-refractivity contribution in [3.8, 4) is 0 Å². The molecule has 14 heavy (non-hydrogen) atoms. The highest BCUT2D eigenvalue weighted by Crippen LogP contribution is 2.38. The molecule has 1 unspecified atom stereocenters. The zero-order chi connectivity index (χ0) is 10.6. The zero-order valence-electron chi connectivity index (χ0n) is 10.2. The summed E-state index contributed by atoms with van der Waals surface area (Å²) in [6.07, 6.45) is 11.4. The molecular formula is C14H24. The number of hydrogen-bond donors (Lipinski definition) is 0. The lowest BCUT2D eigenvalue weighted by molar-refractivity contribution is 0.265. The van der Waals surface area contributed by atoms with Crippen LogP contribution >= 0.6 is 0 Å². The van der Waals surface area contributed by atoms with E-state index < -0.39 is 0 Å². The molecule has 1 rings (SSSR count). The topological polar surface area (TPSA) is 0 Å². The van der Waals surface area contributed by atoms with E-state index in [0.29, 0.717) is 5.41 Å². The van der Waals surface area contributed by atoms with E-state index in [4.69, 9.17) is 0 Å². The van der Waals surface area contributed by atoms with Gasteiger partial charge >= 0.3 is 0 Å². The minimum atomic E-state index is 0.575. The van der Waals surface area contributed by atoms with Gasteiger partial charge in [-0.05, 0) is 58.3 Å². The molecule has 1 aliphatic rings. The molecule has 0 N–H and O–H groups in total. The lowest BCUT2D eigenvalue weighted by Crippen LogP contribution is -2.18. The Morgan fingerprint density at radius 3 is 2.71 bits per heavy atom. The fourth-order valence-corrected chi connectivity index (χ4v) is 2.06. The van der Waals surface area contributed by atoms with Crippen LogP contribution in [0.1, 0.15) is 59.8 Å². The second-order valence-electron chi connectivity index (χ2n) is 5.39. The Kier molecular flexibility index (Phi) is 3.97. The van der Waals surface area contributed by atoms with Crippen molar-refractivity contribution in [2.24, 2.45) is 5.41 Å². The van der Waals surface area contributed by atoms with E-state index in [1.807, 2.05) is 0 Å². The molecule has 0 aromatic heterocycles. The summed E-state index contributed by atoms with van der Waals surface area (Å²) in [4.78, 5) is 0. The van der Waals surface area contributed by atoms with Crippen LogP contribution in [-0.2, 0) is 0 Å². The first-order valence-electron chi connectivity index (χ1n) is 5.81. The molecule has 0 aliphatic heterocycles. The standard InChI is InChI=1S/C14H24/c1-12(2)6-5-9-14(4)10-7-13(3)8-11-14/h6-7H,5,8-11H2,1-4H3. The molecule has 1 atom stereocenters. The lowest BCUT2D eigenvalue weighted by atomic mass is 9.74. The van der Waals surface area contributed by atoms with E-state index in [9.17, 15) is 0 Å². The van der Waals surface area contributed by atoms with E-state index in [0.717, 1.165) is 0 Å². The Morgan fingerprint density at radius 2 is 2.21 bits per heavy atom. The molecule has 0 saturated carbocycles. The van der Waals surface area contributed by atoms with Crippen LogP contribution in [0, 0.1) is 5.41 Å². The fraction of sp³-hybridized carbons (Fsp3) is 0.714. The van der Waals surface area contributed by atoms with E-state index in [1.165, 1.54) is 37.7 Å². The highest BCUT2D eigenvalue weighted by molar-refractivity contribution is 5.06. The average Bonchev–Trinajstić information content (AvgIpc) is 2.10. The maximum Gasteiger partial charge on any atom is -0.0285 e. The smallest absolute Gasteiger partial charge is 0.0285 e. The summed E-state index contributed by atoms with van der Waals surface area (Å²) in [6.45, 7) is 9.07. The predicted octanol–water partition coefficient (Wildman–Crippen LogP) is 4.87. The van der Waals surface area contributed by atoms with Crippen molar-refractivity contribution < 1.29 is 0 Å². The van der Waals surface area contributed by atoms with Gasteiger partial charge in [0.15, 0.2) is 0 Å². The second-order valence-corrected chi connectivity index (χ2v) is 5.39. The van der Waals surface area contributed by atoms with Crippen LogP contribution in [-0.4, -0.2) is 0 Å². The summed E-state index contributed by atoms with van der Waals surface area (Å²) >= 11 is 0. The summed E-state index contributed by atoms with van der Waals surface area (Å²) in [6, 6.07) is 0. The Morgan fingerprint density at radius 1 is 1.50 bits per heavy atom. The van der Waals surface area contributed by atoms with Crippen LogP contribution in [0.3, 0.4) is 0 Å². The molecule has 0 aromatic carbocycles. The maximum atomic E-state index is 2.44. The van der Waals surface area contributed by atoms with Crippen molar-refractivity contribution in [1.29, 1.82) is 0 Å². The van der Waals surface area contributed by atoms with Crippen LogP contribution in [0.15, 0.2) is 23.3 Å². The number of allylic oxidation sites excluding steroid dienone is 4. The summed E-state index contributed by atoms with van der Waals surface area (Å²) in [5, 5.41) is 0. The molecule has 0 amide bonds. The highest BCUT2D eigenvalue weighted by atomic mass is 14.3. The molecule has 0 nitrogen and oxygen atoms in total. The fourth-order valence-electron chi connectivity index (χ4n) is 2.06. The Hall–Kier alpha value is -0.520. The minimum Gasteiger partial charge on any atom is -0.0859 e. The molecule has 0 saturated heterocycles. The molecule has 80 valence electrons. The van der Waals surface area contributed by atoms with Gasteiger partial charge in [0.05, 0.1) is 0 Å². The summed E-state index contributed by atoms with van der Waals surface area (Å²) < 4.78 is 0. The first kappa shape index (κ1) is 11.6. The molecule has 1 aliphatic carbocycles. The Labute approximate surface area is 89.1 Å². The van der Waals surface area contributed by atoms with E-state index in [-0.39, 0.29) is 0 Å². The van der Waals surface area contributed by atoms with Gasteiger partial charge in [-0.1, -0.05) is 30.2 Å². The molecule has 0 aromatic rings. The van der Waals surface area contributed by atoms with Gasteiger partial charge in [0, 0.05) is 0 Å². The SMILES string of the molecule is CC(C)=CCCC1(C)CC=C(C)CC1. The minimum absolute atomic E-state index is 0.575. The maximum absolute atomic E-state index is 2.44. The van der Waals surface area contributed by atoms with Gasteiger partial charge in [-0.25, -0.2) is 0 Å². The summed E-state index contributed by atoms with van der Waals surface area (Å²) in [7, 11) is 0. The zero-order valence-corrected chi connectivity index (χ0v) is 10.2. The van der Waals surface area contributed by atoms with Crippen molar-refractivity contribution in [2.45, 2.75) is 59.8 Å². The molecular weight excluding hydrogens is 168 g/mol. The van der Waals surface area contributed by atoms with Crippen LogP contribution in [0.5, 0.6) is 0 Å². The van der Waals surface area contributed by atoms with Crippen molar-refractivity contribution in [3.63, 3.8) is 0 Å². The third kappa shape index (κ3) is 3.69. The van der Waals surface area contributed by atoms with Gasteiger partial charge in [0.2, 0.25) is 0 Å². The van der Waals surface area contributed by atoms with Gasteiger partial charge in [-0.2, -0.15) is 0 Å². The van der Waals surface area contributed by atoms with E-state index in [2.05, 4.69) is 39.8 Å². The Bertz CT molecular complexity index is 241. The Balaban J connectivity index is 2.40. The largest absolute Gasteiger partial charge is 0.0859 e. The van der Waals surface area contributed by atoms with Gasteiger partial charge in [-0.15, -0.1) is 0 Å². The predicted molar refractivity (Wildman–Crippen MR) is 64.4 cm³/mol. The van der Waals surface area contributed by atoms with Gasteiger partial charge in [-0.3, -0.25) is 0 Å². The third-order valence-corrected chi connectivity index (χ3v) is 3.37. The first-order valence-corrected chi connectivity index (χ1v) is 5.81. The van der Waals surface area contributed by atoms with Crippen LogP contribution < -0.4 is 0 Å².